The average Bonchev–Trinajstić information content (AvgIpc) is 3.34. The molecule has 1 aromatic carbocycles. The number of fused-ring (bicyclic) bond motifs is 1. The standard InChI is InChI=1S/C19H28N6O.HI/c1-20-19(24-8-6-16(14-24)23-10-12-26-13-11-23)21-7-9-25-15-22-17-4-2-3-5-18(17)25;/h2-5,15-16H,6-14H2,1H3,(H,20,21);1H. The van der Waals surface area contributed by atoms with Crippen molar-refractivity contribution >= 4 is 41.0 Å². The molecule has 3 heterocycles. The monoisotopic (exact) mass is 484 g/mol. The van der Waals surface area contributed by atoms with Crippen LogP contribution < -0.4 is 5.32 Å². The van der Waals surface area contributed by atoms with E-state index in [-0.39, 0.29) is 24.0 Å². The molecular weight excluding hydrogens is 455 g/mol. The summed E-state index contributed by atoms with van der Waals surface area (Å²) in [7, 11) is 1.87. The van der Waals surface area contributed by atoms with Crippen LogP contribution in [0.2, 0.25) is 0 Å². The van der Waals surface area contributed by atoms with Crippen molar-refractivity contribution in [3.8, 4) is 0 Å². The summed E-state index contributed by atoms with van der Waals surface area (Å²) in [5, 5.41) is 3.52. The Kier molecular flexibility index (Phi) is 7.31. The van der Waals surface area contributed by atoms with Crippen LogP contribution >= 0.6 is 24.0 Å². The number of morpholine rings is 1. The van der Waals surface area contributed by atoms with Crippen LogP contribution in [0.25, 0.3) is 11.0 Å². The topological polar surface area (TPSA) is 57.9 Å². The number of rotatable bonds is 4. The molecule has 2 aromatic rings. The fourth-order valence-electron chi connectivity index (χ4n) is 3.98. The van der Waals surface area contributed by atoms with E-state index in [0.29, 0.717) is 6.04 Å². The summed E-state index contributed by atoms with van der Waals surface area (Å²) in [6.07, 6.45) is 3.12. The van der Waals surface area contributed by atoms with Crippen LogP contribution in [0.5, 0.6) is 0 Å². The summed E-state index contributed by atoms with van der Waals surface area (Å²) in [6.45, 7) is 7.66. The van der Waals surface area contributed by atoms with E-state index in [0.717, 1.165) is 64.0 Å². The van der Waals surface area contributed by atoms with E-state index in [9.17, 15) is 0 Å². The van der Waals surface area contributed by atoms with Gasteiger partial charge in [0.2, 0.25) is 0 Å². The molecule has 2 fully saturated rings. The fourth-order valence-corrected chi connectivity index (χ4v) is 3.98. The van der Waals surface area contributed by atoms with Gasteiger partial charge in [0.1, 0.15) is 0 Å². The molecule has 0 bridgehead atoms. The number of para-hydroxylation sites is 2. The molecule has 0 aliphatic carbocycles. The highest BCUT2D eigenvalue weighted by Gasteiger charge is 2.30. The van der Waals surface area contributed by atoms with Gasteiger partial charge in [-0.15, -0.1) is 24.0 Å². The van der Waals surface area contributed by atoms with Gasteiger partial charge in [0.15, 0.2) is 5.96 Å². The van der Waals surface area contributed by atoms with Gasteiger partial charge in [-0.05, 0) is 18.6 Å². The maximum atomic E-state index is 5.47. The molecular formula is C19H29IN6O. The molecule has 2 aliphatic heterocycles. The average molecular weight is 484 g/mol. The number of ether oxygens (including phenoxy) is 1. The van der Waals surface area contributed by atoms with Crippen LogP contribution in [0.3, 0.4) is 0 Å². The molecule has 8 heteroatoms. The normalized spacial score (nSPS) is 21.4. The first-order chi connectivity index (χ1) is 12.8. The third kappa shape index (κ3) is 4.72. The van der Waals surface area contributed by atoms with Gasteiger partial charge in [-0.1, -0.05) is 12.1 Å². The second kappa shape index (κ2) is 9.70. The van der Waals surface area contributed by atoms with Crippen molar-refractivity contribution < 1.29 is 4.74 Å². The number of aliphatic imine (C=N–C) groups is 1. The van der Waals surface area contributed by atoms with Crippen LogP contribution in [-0.2, 0) is 11.3 Å². The number of benzene rings is 1. The summed E-state index contributed by atoms with van der Waals surface area (Å²) in [4.78, 5) is 13.9. The molecule has 7 nitrogen and oxygen atoms in total. The van der Waals surface area contributed by atoms with E-state index >= 15 is 0 Å². The zero-order valence-electron chi connectivity index (χ0n) is 15.9. The minimum atomic E-state index is 0. The third-order valence-corrected chi connectivity index (χ3v) is 5.40. The molecule has 0 amide bonds. The summed E-state index contributed by atoms with van der Waals surface area (Å²) in [5.41, 5.74) is 2.22. The summed E-state index contributed by atoms with van der Waals surface area (Å²) >= 11 is 0. The highest BCUT2D eigenvalue weighted by atomic mass is 127. The lowest BCUT2D eigenvalue weighted by Crippen LogP contribution is -2.47. The summed E-state index contributed by atoms with van der Waals surface area (Å²) in [5.74, 6) is 1.00. The van der Waals surface area contributed by atoms with E-state index in [1.54, 1.807) is 0 Å². The zero-order valence-corrected chi connectivity index (χ0v) is 18.2. The van der Waals surface area contributed by atoms with E-state index in [4.69, 9.17) is 4.74 Å². The SMILES string of the molecule is CN=C(NCCn1cnc2ccccc21)N1CCC(N2CCOCC2)C1.I. The van der Waals surface area contributed by atoms with Gasteiger partial charge in [0.25, 0.3) is 0 Å². The van der Waals surface area contributed by atoms with E-state index in [2.05, 4.69) is 41.8 Å². The Labute approximate surface area is 177 Å². The van der Waals surface area contributed by atoms with Gasteiger partial charge in [0.05, 0.1) is 30.6 Å². The minimum absolute atomic E-state index is 0. The van der Waals surface area contributed by atoms with Crippen LogP contribution in [-0.4, -0.2) is 84.3 Å². The highest BCUT2D eigenvalue weighted by molar-refractivity contribution is 14.0. The maximum Gasteiger partial charge on any atom is 0.193 e. The van der Waals surface area contributed by atoms with Crippen molar-refractivity contribution in [2.75, 3.05) is 53.0 Å². The Balaban J connectivity index is 0.00000210. The Morgan fingerprint density at radius 3 is 2.89 bits per heavy atom. The van der Waals surface area contributed by atoms with Crippen molar-refractivity contribution in [3.05, 3.63) is 30.6 Å². The largest absolute Gasteiger partial charge is 0.379 e. The van der Waals surface area contributed by atoms with Gasteiger partial charge in [-0.2, -0.15) is 0 Å². The molecule has 1 atom stereocenters. The van der Waals surface area contributed by atoms with Crippen LogP contribution in [0.1, 0.15) is 6.42 Å². The molecule has 1 N–H and O–H groups in total. The predicted octanol–water partition coefficient (Wildman–Crippen LogP) is 1.64. The van der Waals surface area contributed by atoms with E-state index < -0.39 is 0 Å². The van der Waals surface area contributed by atoms with Crippen LogP contribution in [0, 0.1) is 0 Å². The fraction of sp³-hybridized carbons (Fsp3) is 0.579. The van der Waals surface area contributed by atoms with Gasteiger partial charge in [-0.3, -0.25) is 9.89 Å². The lowest BCUT2D eigenvalue weighted by molar-refractivity contribution is 0.0195. The summed E-state index contributed by atoms with van der Waals surface area (Å²) < 4.78 is 7.67. The minimum Gasteiger partial charge on any atom is -0.379 e. The van der Waals surface area contributed by atoms with Gasteiger partial charge >= 0.3 is 0 Å². The van der Waals surface area contributed by atoms with E-state index in [1.165, 1.54) is 11.9 Å². The van der Waals surface area contributed by atoms with Crippen molar-refractivity contribution in [1.29, 1.82) is 0 Å². The Morgan fingerprint density at radius 1 is 1.26 bits per heavy atom. The van der Waals surface area contributed by atoms with E-state index in [1.807, 2.05) is 25.5 Å². The van der Waals surface area contributed by atoms with Gasteiger partial charge in [0, 0.05) is 52.4 Å². The van der Waals surface area contributed by atoms with Crippen LogP contribution in [0.15, 0.2) is 35.6 Å². The smallest absolute Gasteiger partial charge is 0.193 e. The second-order valence-corrected chi connectivity index (χ2v) is 6.94. The predicted molar refractivity (Wildman–Crippen MR) is 119 cm³/mol. The molecule has 0 saturated carbocycles. The number of halogens is 1. The lowest BCUT2D eigenvalue weighted by Gasteiger charge is -2.32. The number of hydrogen-bond donors (Lipinski definition) is 1. The first-order valence-electron chi connectivity index (χ1n) is 9.52. The molecule has 27 heavy (non-hydrogen) atoms. The zero-order chi connectivity index (χ0) is 17.8. The third-order valence-electron chi connectivity index (χ3n) is 5.40. The molecule has 2 aliphatic rings. The highest BCUT2D eigenvalue weighted by Crippen LogP contribution is 2.17. The number of imidazole rings is 1. The first kappa shape index (κ1) is 20.3. The summed E-state index contributed by atoms with van der Waals surface area (Å²) in [6, 6.07) is 8.87. The molecule has 1 aromatic heterocycles. The second-order valence-electron chi connectivity index (χ2n) is 6.94. The Morgan fingerprint density at radius 2 is 2.07 bits per heavy atom. The van der Waals surface area contributed by atoms with Gasteiger partial charge in [-0.25, -0.2) is 4.98 Å². The van der Waals surface area contributed by atoms with Crippen molar-refractivity contribution in [2.24, 2.45) is 4.99 Å². The molecule has 0 spiro atoms. The first-order valence-corrected chi connectivity index (χ1v) is 9.52. The number of nitrogens with one attached hydrogen (secondary N) is 1. The van der Waals surface area contributed by atoms with Gasteiger partial charge < -0.3 is 19.5 Å². The quantitative estimate of drug-likeness (QED) is 0.407. The maximum absolute atomic E-state index is 5.47. The molecule has 2 saturated heterocycles. The molecule has 1 unspecified atom stereocenters. The van der Waals surface area contributed by atoms with Crippen molar-refractivity contribution in [3.63, 3.8) is 0 Å². The number of aromatic nitrogens is 2. The lowest BCUT2D eigenvalue weighted by atomic mass is 10.2. The molecule has 4 rings (SSSR count). The van der Waals surface area contributed by atoms with Crippen LogP contribution in [0.4, 0.5) is 0 Å². The number of likely N-dealkylation sites (tertiary alicyclic amines) is 1. The molecule has 148 valence electrons. The Hall–Kier alpha value is -1.39. The van der Waals surface area contributed by atoms with Crippen molar-refractivity contribution in [2.45, 2.75) is 19.0 Å². The number of nitrogens with zero attached hydrogens (tertiary/aromatic N) is 5. The Bertz CT molecular complexity index is 757. The van der Waals surface area contributed by atoms with Crippen molar-refractivity contribution in [1.82, 2.24) is 24.7 Å². The number of guanidine groups is 1. The number of hydrogen-bond acceptors (Lipinski definition) is 4. The molecule has 0 radical (unpaired) electrons.